The number of hydrogen-bond donors (Lipinski definition) is 1. The van der Waals surface area contributed by atoms with E-state index >= 15 is 0 Å². The first-order valence-corrected chi connectivity index (χ1v) is 8.73. The van der Waals surface area contributed by atoms with Crippen LogP contribution in [0.25, 0.3) is 0 Å². The molecule has 0 aliphatic carbocycles. The van der Waals surface area contributed by atoms with Gasteiger partial charge >= 0.3 is 0 Å². The molecular formula is C19H24N4O3. The van der Waals surface area contributed by atoms with Gasteiger partial charge in [-0.1, -0.05) is 0 Å². The van der Waals surface area contributed by atoms with Crippen molar-refractivity contribution >= 4 is 11.9 Å². The number of amides is 1. The number of nitrogens with zero attached hydrogens (tertiary/aromatic N) is 3. The minimum Gasteiger partial charge on any atom is -0.497 e. The van der Waals surface area contributed by atoms with Crippen LogP contribution < -0.4 is 19.7 Å². The summed E-state index contributed by atoms with van der Waals surface area (Å²) in [5.41, 5.74) is 0.517. The van der Waals surface area contributed by atoms with E-state index < -0.39 is 0 Å². The van der Waals surface area contributed by atoms with Crippen LogP contribution in [0.4, 0.5) is 5.95 Å². The predicted octanol–water partition coefficient (Wildman–Crippen LogP) is 2.14. The second-order valence-corrected chi connectivity index (χ2v) is 6.26. The molecule has 138 valence electrons. The minimum atomic E-state index is -0.127. The maximum atomic E-state index is 12.5. The highest BCUT2D eigenvalue weighted by Gasteiger charge is 2.22. The zero-order valence-electron chi connectivity index (χ0n) is 15.1. The van der Waals surface area contributed by atoms with Gasteiger partial charge in [0.05, 0.1) is 19.8 Å². The number of nitrogens with one attached hydrogen (secondary N) is 1. The lowest BCUT2D eigenvalue weighted by molar-refractivity contribution is 0.0942. The first kappa shape index (κ1) is 18.0. The average molecular weight is 356 g/mol. The molecule has 3 rings (SSSR count). The summed E-state index contributed by atoms with van der Waals surface area (Å²) in [6.07, 6.45) is 5.52. The Labute approximate surface area is 153 Å². The Morgan fingerprint density at radius 2 is 1.92 bits per heavy atom. The quantitative estimate of drug-likeness (QED) is 0.855. The molecule has 1 saturated heterocycles. The number of hydrogen-bond acceptors (Lipinski definition) is 6. The monoisotopic (exact) mass is 356 g/mol. The highest BCUT2D eigenvalue weighted by molar-refractivity contribution is 5.97. The van der Waals surface area contributed by atoms with E-state index in [9.17, 15) is 4.79 Å². The van der Waals surface area contributed by atoms with Crippen LogP contribution in [-0.2, 0) is 0 Å². The molecule has 1 fully saturated rings. The smallest absolute Gasteiger partial charge is 0.255 e. The van der Waals surface area contributed by atoms with E-state index in [4.69, 9.17) is 9.47 Å². The third-order valence-electron chi connectivity index (χ3n) is 4.65. The first-order chi connectivity index (χ1) is 12.7. The molecule has 0 saturated carbocycles. The van der Waals surface area contributed by atoms with Gasteiger partial charge in [-0.2, -0.15) is 0 Å². The third kappa shape index (κ3) is 4.22. The number of rotatable bonds is 6. The molecular weight excluding hydrogens is 332 g/mol. The molecule has 0 atom stereocenters. The van der Waals surface area contributed by atoms with E-state index in [-0.39, 0.29) is 5.91 Å². The molecule has 26 heavy (non-hydrogen) atoms. The van der Waals surface area contributed by atoms with Gasteiger partial charge in [0.25, 0.3) is 5.91 Å². The zero-order valence-corrected chi connectivity index (χ0v) is 15.1. The number of carbonyl (C=O) groups excluding carboxylic acids is 1. The van der Waals surface area contributed by atoms with E-state index in [2.05, 4.69) is 20.2 Å². The summed E-state index contributed by atoms with van der Waals surface area (Å²) in [5, 5.41) is 3.03. The van der Waals surface area contributed by atoms with Crippen LogP contribution >= 0.6 is 0 Å². The largest absolute Gasteiger partial charge is 0.497 e. The van der Waals surface area contributed by atoms with Crippen LogP contribution in [0.15, 0.2) is 36.7 Å². The molecule has 0 unspecified atom stereocenters. The van der Waals surface area contributed by atoms with E-state index in [1.54, 1.807) is 44.8 Å². The summed E-state index contributed by atoms with van der Waals surface area (Å²) < 4.78 is 10.5. The second kappa shape index (κ2) is 8.51. The minimum absolute atomic E-state index is 0.127. The van der Waals surface area contributed by atoms with Crippen molar-refractivity contribution in [3.8, 4) is 11.5 Å². The maximum absolute atomic E-state index is 12.5. The molecule has 0 radical (unpaired) electrons. The summed E-state index contributed by atoms with van der Waals surface area (Å²) in [6.45, 7) is 2.45. The Morgan fingerprint density at radius 1 is 1.19 bits per heavy atom. The number of anilines is 1. The zero-order chi connectivity index (χ0) is 18.4. The van der Waals surface area contributed by atoms with E-state index in [1.807, 2.05) is 6.07 Å². The molecule has 1 aromatic carbocycles. The topological polar surface area (TPSA) is 76.6 Å². The molecule has 7 heteroatoms. The standard InChI is InChI=1S/C19H24N4O3/c1-25-15-4-5-16(17(12-15)26-2)18(24)22-13-14-6-10-23(11-7-14)19-20-8-3-9-21-19/h3-5,8-9,12,14H,6-7,10-11,13H2,1-2H3,(H,22,24). The summed E-state index contributed by atoms with van der Waals surface area (Å²) in [6, 6.07) is 7.02. The van der Waals surface area contributed by atoms with Crippen molar-refractivity contribution in [2.24, 2.45) is 5.92 Å². The van der Waals surface area contributed by atoms with E-state index in [0.29, 0.717) is 29.5 Å². The fourth-order valence-electron chi connectivity index (χ4n) is 3.11. The Bertz CT molecular complexity index is 731. The van der Waals surface area contributed by atoms with Gasteiger partial charge in [-0.25, -0.2) is 9.97 Å². The molecule has 1 amide bonds. The van der Waals surface area contributed by atoms with Gasteiger partial charge in [0.2, 0.25) is 5.95 Å². The Hall–Kier alpha value is -2.83. The van der Waals surface area contributed by atoms with E-state index in [0.717, 1.165) is 31.9 Å². The van der Waals surface area contributed by atoms with Gasteiger partial charge in [-0.05, 0) is 37.0 Å². The van der Waals surface area contributed by atoms with Crippen molar-refractivity contribution in [3.05, 3.63) is 42.2 Å². The van der Waals surface area contributed by atoms with Crippen LogP contribution in [-0.4, -0.2) is 49.7 Å². The van der Waals surface area contributed by atoms with Crippen LogP contribution in [0.2, 0.25) is 0 Å². The van der Waals surface area contributed by atoms with Gasteiger partial charge in [-0.15, -0.1) is 0 Å². The van der Waals surface area contributed by atoms with Gasteiger partial charge in [0.15, 0.2) is 0 Å². The molecule has 7 nitrogen and oxygen atoms in total. The maximum Gasteiger partial charge on any atom is 0.255 e. The number of methoxy groups -OCH3 is 2. The van der Waals surface area contributed by atoms with Crippen molar-refractivity contribution in [1.29, 1.82) is 0 Å². The molecule has 1 aliphatic heterocycles. The molecule has 1 N–H and O–H groups in total. The Morgan fingerprint density at radius 3 is 2.58 bits per heavy atom. The van der Waals surface area contributed by atoms with Crippen molar-refractivity contribution in [2.45, 2.75) is 12.8 Å². The van der Waals surface area contributed by atoms with Crippen molar-refractivity contribution in [1.82, 2.24) is 15.3 Å². The third-order valence-corrected chi connectivity index (χ3v) is 4.65. The summed E-state index contributed by atoms with van der Waals surface area (Å²) in [7, 11) is 3.13. The lowest BCUT2D eigenvalue weighted by atomic mass is 9.97. The molecule has 0 spiro atoms. The first-order valence-electron chi connectivity index (χ1n) is 8.73. The van der Waals surface area contributed by atoms with Crippen LogP contribution in [0.3, 0.4) is 0 Å². The summed E-state index contributed by atoms with van der Waals surface area (Å²) in [4.78, 5) is 23.3. The average Bonchev–Trinajstić information content (AvgIpc) is 2.72. The molecule has 1 aromatic heterocycles. The Balaban J connectivity index is 1.51. The summed E-state index contributed by atoms with van der Waals surface area (Å²) >= 11 is 0. The lowest BCUT2D eigenvalue weighted by Gasteiger charge is -2.31. The summed E-state index contributed by atoms with van der Waals surface area (Å²) in [5.74, 6) is 2.27. The Kier molecular flexibility index (Phi) is 5.88. The van der Waals surface area contributed by atoms with Gasteiger partial charge in [-0.3, -0.25) is 4.79 Å². The molecule has 1 aliphatic rings. The van der Waals surface area contributed by atoms with E-state index in [1.165, 1.54) is 0 Å². The normalized spacial score (nSPS) is 14.8. The molecule has 0 bridgehead atoms. The predicted molar refractivity (Wildman–Crippen MR) is 98.8 cm³/mol. The van der Waals surface area contributed by atoms with Crippen molar-refractivity contribution in [3.63, 3.8) is 0 Å². The van der Waals surface area contributed by atoms with Crippen molar-refractivity contribution in [2.75, 3.05) is 38.8 Å². The number of piperidine rings is 1. The highest BCUT2D eigenvalue weighted by atomic mass is 16.5. The van der Waals surface area contributed by atoms with Crippen molar-refractivity contribution < 1.29 is 14.3 Å². The van der Waals surface area contributed by atoms with Gasteiger partial charge < -0.3 is 19.7 Å². The number of carbonyl (C=O) groups is 1. The second-order valence-electron chi connectivity index (χ2n) is 6.26. The van der Waals surface area contributed by atoms with Crippen LogP contribution in [0, 0.1) is 5.92 Å². The molecule has 2 aromatic rings. The van der Waals surface area contributed by atoms with Crippen LogP contribution in [0.5, 0.6) is 11.5 Å². The lowest BCUT2D eigenvalue weighted by Crippen LogP contribution is -2.39. The van der Waals surface area contributed by atoms with Gasteiger partial charge in [0.1, 0.15) is 11.5 Å². The van der Waals surface area contributed by atoms with Crippen LogP contribution in [0.1, 0.15) is 23.2 Å². The number of ether oxygens (including phenoxy) is 2. The van der Waals surface area contributed by atoms with Gasteiger partial charge in [0, 0.05) is 38.1 Å². The highest BCUT2D eigenvalue weighted by Crippen LogP contribution is 2.25. The fourth-order valence-corrected chi connectivity index (χ4v) is 3.11. The molecule has 2 heterocycles. The fraction of sp³-hybridized carbons (Fsp3) is 0.421. The SMILES string of the molecule is COc1ccc(C(=O)NCC2CCN(c3ncccn3)CC2)c(OC)c1. The number of aromatic nitrogens is 2. The number of benzene rings is 1.